The first-order valence-corrected chi connectivity index (χ1v) is 16.1. The quantitative estimate of drug-likeness (QED) is 0.174. The summed E-state index contributed by atoms with van der Waals surface area (Å²) in [7, 11) is -1.60. The van der Waals surface area contributed by atoms with E-state index in [9.17, 15) is 9.36 Å². The Morgan fingerprint density at radius 1 is 1.07 bits per heavy atom. The van der Waals surface area contributed by atoms with Gasteiger partial charge in [0.05, 0.1) is 37.9 Å². The molecule has 3 N–H and O–H groups in total. The molecule has 0 saturated heterocycles. The monoisotopic (exact) mass is 603 g/mol. The number of nitrogens with zero attached hydrogens (tertiary/aromatic N) is 1. The summed E-state index contributed by atoms with van der Waals surface area (Å²) in [6.07, 6.45) is 0.836. The van der Waals surface area contributed by atoms with Crippen LogP contribution in [0.4, 0.5) is 5.69 Å². The van der Waals surface area contributed by atoms with Gasteiger partial charge in [-0.1, -0.05) is 24.3 Å². The van der Waals surface area contributed by atoms with E-state index in [0.29, 0.717) is 36.6 Å². The van der Waals surface area contributed by atoms with Gasteiger partial charge in [0.15, 0.2) is 11.5 Å². The summed E-state index contributed by atoms with van der Waals surface area (Å²) in [6, 6.07) is 18.5. The van der Waals surface area contributed by atoms with Crippen LogP contribution in [0, 0.1) is 0 Å². The summed E-state index contributed by atoms with van der Waals surface area (Å²) in [5.74, 6) is 1.14. The lowest BCUT2D eigenvalue weighted by Gasteiger charge is -2.17. The van der Waals surface area contributed by atoms with E-state index >= 15 is 0 Å². The molecule has 0 unspecified atom stereocenters. The Morgan fingerprint density at radius 3 is 2.44 bits per heavy atom. The highest BCUT2D eigenvalue weighted by Crippen LogP contribution is 2.51. The molecule has 9 nitrogen and oxygen atoms in total. The number of ether oxygens (including phenoxy) is 2. The number of carbonyl (C=O) groups excluding carboxylic acids is 1. The van der Waals surface area contributed by atoms with Crippen molar-refractivity contribution in [3.05, 3.63) is 83.0 Å². The van der Waals surface area contributed by atoms with Crippen LogP contribution in [0.2, 0.25) is 0 Å². The van der Waals surface area contributed by atoms with Crippen molar-refractivity contribution in [2.24, 2.45) is 5.73 Å². The lowest BCUT2D eigenvalue weighted by molar-refractivity contribution is 0.102. The van der Waals surface area contributed by atoms with Crippen molar-refractivity contribution in [2.45, 2.75) is 52.4 Å². The van der Waals surface area contributed by atoms with E-state index in [0.717, 1.165) is 44.6 Å². The van der Waals surface area contributed by atoms with Crippen molar-refractivity contribution in [1.29, 1.82) is 0 Å². The number of methoxy groups -OCH3 is 1. The molecule has 3 aromatic carbocycles. The van der Waals surface area contributed by atoms with Gasteiger partial charge in [-0.3, -0.25) is 14.3 Å². The second-order valence-corrected chi connectivity index (χ2v) is 13.1. The number of hydrogen-bond donors (Lipinski definition) is 2. The standard InChI is InChI=1S/C33H38N3O6P/c1-6-40-43(38,41-7-2)20-21-11-13-22(14-12-21)32(37)36-25-10-8-9-23(15-25)30-29-24(16-26(19-34)35-30)17-28(39-5)31-27(29)18-33(3,4)42-31/h8-17H,6-7,18-20,34H2,1-5H3,(H,36,37). The zero-order valence-electron chi connectivity index (χ0n) is 25.2. The number of amides is 1. The van der Waals surface area contributed by atoms with Crippen LogP contribution < -0.4 is 20.5 Å². The maximum Gasteiger partial charge on any atom is 0.335 e. The predicted molar refractivity (Wildman–Crippen MR) is 169 cm³/mol. The van der Waals surface area contributed by atoms with Gasteiger partial charge in [-0.25, -0.2) is 0 Å². The number of fused-ring (bicyclic) bond motifs is 3. The van der Waals surface area contributed by atoms with Crippen LogP contribution in [0.5, 0.6) is 11.5 Å². The average molecular weight is 604 g/mol. The first-order chi connectivity index (χ1) is 20.6. The van der Waals surface area contributed by atoms with E-state index in [1.165, 1.54) is 0 Å². The van der Waals surface area contributed by atoms with E-state index < -0.39 is 7.60 Å². The van der Waals surface area contributed by atoms with E-state index in [-0.39, 0.29) is 24.2 Å². The topological polar surface area (TPSA) is 122 Å². The molecule has 0 saturated carbocycles. The van der Waals surface area contributed by atoms with Gasteiger partial charge < -0.3 is 29.6 Å². The normalized spacial score (nSPS) is 13.9. The second-order valence-electron chi connectivity index (χ2n) is 11.0. The highest BCUT2D eigenvalue weighted by Gasteiger charge is 2.35. The molecule has 0 fully saturated rings. The Kier molecular flexibility index (Phi) is 8.90. The number of rotatable bonds is 11. The summed E-state index contributed by atoms with van der Waals surface area (Å²) in [4.78, 5) is 18.1. The average Bonchev–Trinajstić information content (AvgIpc) is 3.31. The van der Waals surface area contributed by atoms with E-state index in [1.54, 1.807) is 45.2 Å². The van der Waals surface area contributed by atoms with Crippen molar-refractivity contribution in [3.8, 4) is 22.8 Å². The van der Waals surface area contributed by atoms with Crippen LogP contribution in [0.25, 0.3) is 22.0 Å². The van der Waals surface area contributed by atoms with Crippen LogP contribution in [-0.4, -0.2) is 36.8 Å². The fourth-order valence-corrected chi connectivity index (χ4v) is 7.16. The van der Waals surface area contributed by atoms with Gasteiger partial charge in [-0.2, -0.15) is 0 Å². The van der Waals surface area contributed by atoms with Crippen LogP contribution >= 0.6 is 7.60 Å². The number of aromatic nitrogens is 1. The maximum atomic E-state index is 13.2. The van der Waals surface area contributed by atoms with E-state index in [2.05, 4.69) is 19.2 Å². The van der Waals surface area contributed by atoms with Crippen LogP contribution in [-0.2, 0) is 32.7 Å². The predicted octanol–water partition coefficient (Wildman–Crippen LogP) is 7.10. The molecule has 10 heteroatoms. The minimum Gasteiger partial charge on any atom is -0.493 e. The smallest absolute Gasteiger partial charge is 0.335 e. The molecular weight excluding hydrogens is 565 g/mol. The summed E-state index contributed by atoms with van der Waals surface area (Å²) in [5.41, 5.74) is 10.9. The number of pyridine rings is 1. The summed E-state index contributed by atoms with van der Waals surface area (Å²) in [6.45, 7) is 8.53. The lowest BCUT2D eigenvalue weighted by atomic mass is 9.93. The Balaban J connectivity index is 1.45. The third-order valence-corrected chi connectivity index (χ3v) is 9.29. The molecule has 43 heavy (non-hydrogen) atoms. The Labute approximate surface area is 252 Å². The third-order valence-electron chi connectivity index (χ3n) is 7.24. The number of hydrogen-bond acceptors (Lipinski definition) is 8. The van der Waals surface area contributed by atoms with Crippen LogP contribution in [0.1, 0.15) is 54.9 Å². The fraction of sp³-hybridized carbons (Fsp3) is 0.333. The zero-order chi connectivity index (χ0) is 30.8. The molecular formula is C33H38N3O6P. The molecule has 0 spiro atoms. The number of anilines is 1. The molecule has 2 heterocycles. The van der Waals surface area contributed by atoms with Crippen molar-refractivity contribution in [1.82, 2.24) is 4.98 Å². The number of nitrogens with one attached hydrogen (secondary N) is 1. The Hall–Kier alpha value is -3.75. The molecule has 1 aliphatic rings. The number of nitrogens with two attached hydrogens (primary N) is 1. The van der Waals surface area contributed by atoms with Crippen molar-refractivity contribution in [2.75, 3.05) is 25.6 Å². The molecule has 0 radical (unpaired) electrons. The van der Waals surface area contributed by atoms with Crippen LogP contribution in [0.15, 0.2) is 60.7 Å². The molecule has 1 amide bonds. The number of benzene rings is 3. The lowest BCUT2D eigenvalue weighted by Crippen LogP contribution is -2.24. The molecule has 0 atom stereocenters. The first-order valence-electron chi connectivity index (χ1n) is 14.4. The highest BCUT2D eigenvalue weighted by molar-refractivity contribution is 7.53. The maximum absolute atomic E-state index is 13.2. The number of carbonyl (C=O) groups is 1. The first kappa shape index (κ1) is 30.7. The summed E-state index contributed by atoms with van der Waals surface area (Å²) >= 11 is 0. The summed E-state index contributed by atoms with van der Waals surface area (Å²) in [5, 5.41) is 4.95. The molecule has 4 aromatic rings. The molecule has 0 aliphatic carbocycles. The minimum absolute atomic E-state index is 0.138. The fourth-order valence-electron chi connectivity index (χ4n) is 5.46. The largest absolute Gasteiger partial charge is 0.493 e. The van der Waals surface area contributed by atoms with Gasteiger partial charge in [-0.15, -0.1) is 0 Å². The van der Waals surface area contributed by atoms with Crippen molar-refractivity contribution < 1.29 is 27.9 Å². The molecule has 1 aliphatic heterocycles. The van der Waals surface area contributed by atoms with E-state index in [1.807, 2.05) is 36.4 Å². The van der Waals surface area contributed by atoms with E-state index in [4.69, 9.17) is 29.2 Å². The third kappa shape index (κ3) is 6.60. The van der Waals surface area contributed by atoms with Gasteiger partial charge in [-0.05, 0) is 75.0 Å². The SMILES string of the molecule is CCOP(=O)(Cc1ccc(C(=O)Nc2cccc(-c3nc(CN)cc4cc(OC)c5c(c34)CC(C)(C)O5)c2)cc1)OCC. The molecule has 226 valence electrons. The molecule has 0 bridgehead atoms. The Morgan fingerprint density at radius 2 is 1.79 bits per heavy atom. The molecule has 1 aromatic heterocycles. The highest BCUT2D eigenvalue weighted by atomic mass is 31.2. The van der Waals surface area contributed by atoms with Gasteiger partial charge in [0.1, 0.15) is 5.60 Å². The zero-order valence-corrected chi connectivity index (χ0v) is 26.1. The van der Waals surface area contributed by atoms with Crippen molar-refractivity contribution in [3.63, 3.8) is 0 Å². The summed E-state index contributed by atoms with van der Waals surface area (Å²) < 4.78 is 35.7. The second kappa shape index (κ2) is 12.5. The van der Waals surface area contributed by atoms with Gasteiger partial charge in [0, 0.05) is 40.7 Å². The molecule has 5 rings (SSSR count). The van der Waals surface area contributed by atoms with Crippen molar-refractivity contribution >= 4 is 30.0 Å². The minimum atomic E-state index is -3.24. The van der Waals surface area contributed by atoms with Gasteiger partial charge in [0.2, 0.25) is 0 Å². The van der Waals surface area contributed by atoms with Gasteiger partial charge in [0.25, 0.3) is 5.91 Å². The Bertz CT molecular complexity index is 1690. The van der Waals surface area contributed by atoms with Crippen LogP contribution in [0.3, 0.4) is 0 Å². The van der Waals surface area contributed by atoms with Gasteiger partial charge >= 0.3 is 7.60 Å².